The molecule has 7 heteroatoms. The molecule has 23 heavy (non-hydrogen) atoms. The molecule has 0 amide bonds. The zero-order chi connectivity index (χ0) is 16.8. The van der Waals surface area contributed by atoms with Gasteiger partial charge in [-0.3, -0.25) is 14.2 Å². The molecule has 0 fully saturated rings. The first-order chi connectivity index (χ1) is 11.0. The van der Waals surface area contributed by atoms with Crippen molar-refractivity contribution >= 4 is 23.0 Å². The summed E-state index contributed by atoms with van der Waals surface area (Å²) in [4.78, 5) is 34.8. The number of carbonyl (C=O) groups excluding carboxylic acids is 2. The standard InChI is InChI=1S/C16H19NO6/c1-3-21-14(18)7-8-17-12-6-5-11(10-15(19)22-4-2)9-13(12)23-16(17)20/h5-6,9H,3-4,7-8,10H2,1-2H3. The number of ether oxygens (including phenoxy) is 2. The van der Waals surface area contributed by atoms with Crippen LogP contribution in [0.2, 0.25) is 0 Å². The van der Waals surface area contributed by atoms with E-state index in [1.54, 1.807) is 32.0 Å². The lowest BCUT2D eigenvalue weighted by molar-refractivity contribution is -0.143. The molecule has 0 aliphatic rings. The summed E-state index contributed by atoms with van der Waals surface area (Å²) in [5.74, 6) is -1.25. The van der Waals surface area contributed by atoms with Crippen molar-refractivity contribution < 1.29 is 23.5 Å². The van der Waals surface area contributed by atoms with Crippen LogP contribution in [0.25, 0.3) is 11.1 Å². The lowest BCUT2D eigenvalue weighted by atomic mass is 10.1. The average Bonchev–Trinajstić information content (AvgIpc) is 2.80. The molecule has 0 unspecified atom stereocenters. The van der Waals surface area contributed by atoms with Crippen LogP contribution in [0.15, 0.2) is 27.4 Å². The molecule has 0 saturated heterocycles. The fraction of sp³-hybridized carbons (Fsp3) is 0.438. The van der Waals surface area contributed by atoms with Gasteiger partial charge in [-0.2, -0.15) is 0 Å². The summed E-state index contributed by atoms with van der Waals surface area (Å²) in [7, 11) is 0. The highest BCUT2D eigenvalue weighted by atomic mass is 16.5. The molecule has 1 heterocycles. The van der Waals surface area contributed by atoms with Crippen LogP contribution in [0.3, 0.4) is 0 Å². The molecule has 0 spiro atoms. The van der Waals surface area contributed by atoms with E-state index in [0.29, 0.717) is 29.9 Å². The molecule has 0 atom stereocenters. The lowest BCUT2D eigenvalue weighted by Gasteiger charge is -2.04. The van der Waals surface area contributed by atoms with E-state index in [9.17, 15) is 14.4 Å². The topological polar surface area (TPSA) is 87.7 Å². The normalized spacial score (nSPS) is 10.7. The lowest BCUT2D eigenvalue weighted by Crippen LogP contribution is -2.17. The van der Waals surface area contributed by atoms with Crippen molar-refractivity contribution in [1.82, 2.24) is 4.57 Å². The summed E-state index contributed by atoms with van der Waals surface area (Å²) in [6.45, 7) is 4.27. The Bertz CT molecular complexity index is 758. The van der Waals surface area contributed by atoms with Gasteiger partial charge in [-0.05, 0) is 31.5 Å². The van der Waals surface area contributed by atoms with E-state index >= 15 is 0 Å². The van der Waals surface area contributed by atoms with Crippen LogP contribution in [-0.2, 0) is 32.0 Å². The second-order valence-corrected chi connectivity index (χ2v) is 4.86. The van der Waals surface area contributed by atoms with E-state index < -0.39 is 5.76 Å². The maximum atomic E-state index is 11.9. The smallest absolute Gasteiger partial charge is 0.419 e. The molecular formula is C16H19NO6. The first-order valence-corrected chi connectivity index (χ1v) is 7.48. The highest BCUT2D eigenvalue weighted by molar-refractivity contribution is 5.78. The van der Waals surface area contributed by atoms with Crippen LogP contribution in [0.1, 0.15) is 25.8 Å². The van der Waals surface area contributed by atoms with Crippen molar-refractivity contribution in [2.24, 2.45) is 0 Å². The van der Waals surface area contributed by atoms with Gasteiger partial charge in [0, 0.05) is 6.54 Å². The third kappa shape index (κ3) is 4.21. The Kier molecular flexibility index (Phi) is 5.56. The number of esters is 2. The zero-order valence-corrected chi connectivity index (χ0v) is 13.2. The molecule has 0 aliphatic carbocycles. The van der Waals surface area contributed by atoms with Gasteiger partial charge < -0.3 is 13.9 Å². The minimum atomic E-state index is -0.544. The van der Waals surface area contributed by atoms with Gasteiger partial charge >= 0.3 is 17.7 Å². The van der Waals surface area contributed by atoms with Gasteiger partial charge in [0.25, 0.3) is 0 Å². The molecule has 0 N–H and O–H groups in total. The van der Waals surface area contributed by atoms with Gasteiger partial charge in [0.05, 0.1) is 31.6 Å². The van der Waals surface area contributed by atoms with Crippen molar-refractivity contribution in [3.8, 4) is 0 Å². The molecule has 7 nitrogen and oxygen atoms in total. The molecule has 0 bridgehead atoms. The number of oxazole rings is 1. The highest BCUT2D eigenvalue weighted by Gasteiger charge is 2.13. The van der Waals surface area contributed by atoms with Gasteiger partial charge in [-0.15, -0.1) is 0 Å². The Hall–Kier alpha value is -2.57. The van der Waals surface area contributed by atoms with Crippen LogP contribution in [-0.4, -0.2) is 29.7 Å². The molecule has 124 valence electrons. The van der Waals surface area contributed by atoms with Gasteiger partial charge in [-0.1, -0.05) is 6.07 Å². The maximum absolute atomic E-state index is 11.9. The Morgan fingerprint density at radius 2 is 1.83 bits per heavy atom. The first kappa shape index (κ1) is 16.8. The van der Waals surface area contributed by atoms with E-state index in [4.69, 9.17) is 13.9 Å². The van der Waals surface area contributed by atoms with Crippen molar-refractivity contribution in [2.45, 2.75) is 33.2 Å². The second kappa shape index (κ2) is 7.62. The predicted molar refractivity (Wildman–Crippen MR) is 82.1 cm³/mol. The van der Waals surface area contributed by atoms with Crippen LogP contribution in [0.4, 0.5) is 0 Å². The minimum absolute atomic E-state index is 0.0902. The quantitative estimate of drug-likeness (QED) is 0.721. The SMILES string of the molecule is CCOC(=O)CCn1c(=O)oc2cc(CC(=O)OCC)ccc21. The summed E-state index contributed by atoms with van der Waals surface area (Å²) in [5.41, 5.74) is 1.65. The van der Waals surface area contributed by atoms with E-state index in [1.165, 1.54) is 4.57 Å². The Labute approximate surface area is 132 Å². The van der Waals surface area contributed by atoms with Crippen LogP contribution in [0, 0.1) is 0 Å². The number of benzene rings is 1. The molecule has 0 saturated carbocycles. The van der Waals surface area contributed by atoms with Gasteiger partial charge in [0.2, 0.25) is 0 Å². The molecule has 1 aromatic heterocycles. The van der Waals surface area contributed by atoms with Crippen molar-refractivity contribution in [3.63, 3.8) is 0 Å². The number of fused-ring (bicyclic) bond motifs is 1. The molecule has 0 radical (unpaired) electrons. The van der Waals surface area contributed by atoms with Gasteiger partial charge in [0.1, 0.15) is 0 Å². The average molecular weight is 321 g/mol. The number of hydrogen-bond donors (Lipinski definition) is 0. The van der Waals surface area contributed by atoms with Crippen LogP contribution < -0.4 is 5.76 Å². The third-order valence-electron chi connectivity index (χ3n) is 3.23. The predicted octanol–water partition coefficient (Wildman–Crippen LogP) is 1.65. The third-order valence-corrected chi connectivity index (χ3v) is 3.23. The van der Waals surface area contributed by atoms with Gasteiger partial charge in [0.15, 0.2) is 5.58 Å². The summed E-state index contributed by atoms with van der Waals surface area (Å²) in [5, 5.41) is 0. The summed E-state index contributed by atoms with van der Waals surface area (Å²) < 4.78 is 16.3. The molecule has 2 rings (SSSR count). The molecular weight excluding hydrogens is 302 g/mol. The summed E-state index contributed by atoms with van der Waals surface area (Å²) in [6, 6.07) is 5.06. The van der Waals surface area contributed by atoms with Crippen molar-refractivity contribution in [2.75, 3.05) is 13.2 Å². The van der Waals surface area contributed by atoms with Crippen molar-refractivity contribution in [1.29, 1.82) is 0 Å². The zero-order valence-electron chi connectivity index (χ0n) is 13.2. The van der Waals surface area contributed by atoms with Crippen LogP contribution >= 0.6 is 0 Å². The number of aryl methyl sites for hydroxylation is 1. The molecule has 1 aromatic carbocycles. The first-order valence-electron chi connectivity index (χ1n) is 7.48. The number of hydrogen-bond acceptors (Lipinski definition) is 6. The molecule has 0 aliphatic heterocycles. The van der Waals surface area contributed by atoms with Gasteiger partial charge in [-0.25, -0.2) is 4.79 Å². The highest BCUT2D eigenvalue weighted by Crippen LogP contribution is 2.16. The van der Waals surface area contributed by atoms with E-state index in [-0.39, 0.29) is 31.3 Å². The molecule has 2 aromatic rings. The van der Waals surface area contributed by atoms with Crippen LogP contribution in [0.5, 0.6) is 0 Å². The largest absolute Gasteiger partial charge is 0.466 e. The fourth-order valence-electron chi connectivity index (χ4n) is 2.25. The maximum Gasteiger partial charge on any atom is 0.419 e. The Balaban J connectivity index is 2.18. The summed E-state index contributed by atoms with van der Waals surface area (Å²) in [6.07, 6.45) is 0.203. The minimum Gasteiger partial charge on any atom is -0.466 e. The Morgan fingerprint density at radius 1 is 1.13 bits per heavy atom. The van der Waals surface area contributed by atoms with Crippen molar-refractivity contribution in [3.05, 3.63) is 34.3 Å². The summed E-state index contributed by atoms with van der Waals surface area (Å²) >= 11 is 0. The second-order valence-electron chi connectivity index (χ2n) is 4.86. The number of carbonyl (C=O) groups is 2. The number of nitrogens with zero attached hydrogens (tertiary/aromatic N) is 1. The van der Waals surface area contributed by atoms with E-state index in [0.717, 1.165) is 0 Å². The monoisotopic (exact) mass is 321 g/mol. The fourth-order valence-corrected chi connectivity index (χ4v) is 2.25. The number of rotatable bonds is 7. The van der Waals surface area contributed by atoms with E-state index in [1.807, 2.05) is 0 Å². The Morgan fingerprint density at radius 3 is 2.52 bits per heavy atom. The number of aromatic nitrogens is 1. The van der Waals surface area contributed by atoms with E-state index in [2.05, 4.69) is 0 Å².